The summed E-state index contributed by atoms with van der Waals surface area (Å²) in [5.41, 5.74) is 4.49. The molecule has 0 fully saturated rings. The Kier molecular flexibility index (Phi) is 4.11. The van der Waals surface area contributed by atoms with Crippen LogP contribution in [0.5, 0.6) is 0 Å². The molecule has 17 heavy (non-hydrogen) atoms. The lowest BCUT2D eigenvalue weighted by molar-refractivity contribution is -0.142. The Labute approximate surface area is 95.1 Å². The van der Waals surface area contributed by atoms with Gasteiger partial charge in [-0.1, -0.05) is 0 Å². The van der Waals surface area contributed by atoms with Crippen LogP contribution in [-0.4, -0.2) is 29.3 Å². The van der Waals surface area contributed by atoms with Crippen LogP contribution in [0.25, 0.3) is 0 Å². The maximum absolute atomic E-state index is 12.4. The fraction of sp³-hybridized carbons (Fsp3) is 0.556. The number of rotatable bonds is 4. The SMILES string of the molecule is COC(=O)C(N)CCc1cn[nH]c1C(F)(F)F. The number of ether oxygens (including phenoxy) is 1. The number of aryl methyl sites for hydroxylation is 1. The van der Waals surface area contributed by atoms with E-state index in [1.807, 2.05) is 5.10 Å². The number of nitrogens with zero attached hydrogens (tertiary/aromatic N) is 1. The molecule has 1 atom stereocenters. The molecular formula is C9H12F3N3O2. The van der Waals surface area contributed by atoms with E-state index in [0.717, 1.165) is 6.20 Å². The second-order valence-corrected chi connectivity index (χ2v) is 3.44. The number of hydrogen-bond acceptors (Lipinski definition) is 4. The fourth-order valence-electron chi connectivity index (χ4n) is 1.33. The minimum Gasteiger partial charge on any atom is -0.468 e. The first kappa shape index (κ1) is 13.5. The summed E-state index contributed by atoms with van der Waals surface area (Å²) in [5, 5.41) is 5.21. The lowest BCUT2D eigenvalue weighted by atomic mass is 10.1. The first-order valence-electron chi connectivity index (χ1n) is 4.79. The first-order chi connectivity index (χ1) is 7.86. The van der Waals surface area contributed by atoms with Crippen LogP contribution in [0.4, 0.5) is 13.2 Å². The molecule has 5 nitrogen and oxygen atoms in total. The summed E-state index contributed by atoms with van der Waals surface area (Å²) in [6, 6.07) is -0.934. The summed E-state index contributed by atoms with van der Waals surface area (Å²) >= 11 is 0. The predicted molar refractivity (Wildman–Crippen MR) is 51.9 cm³/mol. The smallest absolute Gasteiger partial charge is 0.433 e. The fourth-order valence-corrected chi connectivity index (χ4v) is 1.33. The van der Waals surface area contributed by atoms with Crippen LogP contribution in [0.1, 0.15) is 17.7 Å². The minimum absolute atomic E-state index is 0.00160. The zero-order valence-electron chi connectivity index (χ0n) is 9.04. The molecule has 1 unspecified atom stereocenters. The van der Waals surface area contributed by atoms with Crippen LogP contribution in [0.3, 0.4) is 0 Å². The third kappa shape index (κ3) is 3.45. The van der Waals surface area contributed by atoms with Crippen molar-refractivity contribution in [2.24, 2.45) is 5.73 Å². The van der Waals surface area contributed by atoms with E-state index in [-0.39, 0.29) is 18.4 Å². The summed E-state index contributed by atoms with van der Waals surface area (Å²) in [4.78, 5) is 11.0. The molecule has 0 aliphatic heterocycles. The average molecular weight is 251 g/mol. The number of nitrogens with two attached hydrogens (primary N) is 1. The predicted octanol–water partition coefficient (Wildman–Crippen LogP) is 0.861. The standard InChI is InChI=1S/C9H12F3N3O2/c1-17-8(16)6(13)3-2-5-4-14-15-7(5)9(10,11)12/h4,6H,2-3,13H2,1H3,(H,14,15). The molecule has 0 aliphatic carbocycles. The molecule has 0 saturated heterocycles. The van der Waals surface area contributed by atoms with Gasteiger partial charge in [0.25, 0.3) is 0 Å². The Balaban J connectivity index is 2.65. The molecule has 3 N–H and O–H groups in total. The van der Waals surface area contributed by atoms with Crippen LogP contribution in [-0.2, 0) is 22.1 Å². The number of hydrogen-bond donors (Lipinski definition) is 2. The lowest BCUT2D eigenvalue weighted by Gasteiger charge is -2.10. The highest BCUT2D eigenvalue weighted by atomic mass is 19.4. The Morgan fingerprint density at radius 3 is 2.82 bits per heavy atom. The van der Waals surface area contributed by atoms with E-state index in [0.29, 0.717) is 0 Å². The molecule has 0 radical (unpaired) electrons. The van der Waals surface area contributed by atoms with E-state index in [4.69, 9.17) is 5.73 Å². The quantitative estimate of drug-likeness (QED) is 0.778. The molecule has 96 valence electrons. The summed E-state index contributed by atoms with van der Waals surface area (Å²) in [7, 11) is 1.17. The number of esters is 1. The molecule has 0 saturated carbocycles. The molecule has 1 aromatic rings. The maximum Gasteiger partial charge on any atom is 0.433 e. The number of alkyl halides is 3. The second kappa shape index (κ2) is 5.17. The van der Waals surface area contributed by atoms with Crippen LogP contribution in [0.15, 0.2) is 6.20 Å². The van der Waals surface area contributed by atoms with E-state index in [9.17, 15) is 18.0 Å². The number of H-pyrrole nitrogens is 1. The third-order valence-electron chi connectivity index (χ3n) is 2.23. The van der Waals surface area contributed by atoms with Gasteiger partial charge in [-0.15, -0.1) is 0 Å². The molecule has 8 heteroatoms. The minimum atomic E-state index is -4.48. The second-order valence-electron chi connectivity index (χ2n) is 3.44. The highest BCUT2D eigenvalue weighted by Gasteiger charge is 2.35. The van der Waals surface area contributed by atoms with Gasteiger partial charge in [-0.25, -0.2) is 0 Å². The number of methoxy groups -OCH3 is 1. The summed E-state index contributed by atoms with van der Waals surface area (Å²) < 4.78 is 41.7. The number of aromatic nitrogens is 2. The van der Waals surface area contributed by atoms with Gasteiger partial charge in [-0.2, -0.15) is 18.3 Å². The molecule has 1 aromatic heterocycles. The van der Waals surface area contributed by atoms with Crippen molar-refractivity contribution in [3.8, 4) is 0 Å². The zero-order chi connectivity index (χ0) is 13.1. The number of aromatic amines is 1. The van der Waals surface area contributed by atoms with E-state index < -0.39 is 23.9 Å². The van der Waals surface area contributed by atoms with E-state index in [1.165, 1.54) is 7.11 Å². The number of carbonyl (C=O) groups excluding carboxylic acids is 1. The molecule has 1 heterocycles. The van der Waals surface area contributed by atoms with Gasteiger partial charge in [-0.3, -0.25) is 9.89 Å². The summed E-state index contributed by atoms with van der Waals surface area (Å²) in [5.74, 6) is -0.651. The number of nitrogens with one attached hydrogen (secondary N) is 1. The average Bonchev–Trinajstić information content (AvgIpc) is 2.72. The molecule has 0 spiro atoms. The van der Waals surface area contributed by atoms with Crippen molar-refractivity contribution in [3.63, 3.8) is 0 Å². The molecule has 0 aromatic carbocycles. The van der Waals surface area contributed by atoms with Gasteiger partial charge in [-0.05, 0) is 12.8 Å². The lowest BCUT2D eigenvalue weighted by Crippen LogP contribution is -2.32. The van der Waals surface area contributed by atoms with Crippen molar-refractivity contribution in [2.45, 2.75) is 25.1 Å². The third-order valence-corrected chi connectivity index (χ3v) is 2.23. The monoisotopic (exact) mass is 251 g/mol. The van der Waals surface area contributed by atoms with Gasteiger partial charge in [0.15, 0.2) is 0 Å². The molecule has 0 aliphatic rings. The Morgan fingerprint density at radius 1 is 1.65 bits per heavy atom. The highest BCUT2D eigenvalue weighted by molar-refractivity contribution is 5.75. The Morgan fingerprint density at radius 2 is 2.29 bits per heavy atom. The van der Waals surface area contributed by atoms with Gasteiger partial charge >= 0.3 is 12.1 Å². The molecule has 0 amide bonds. The van der Waals surface area contributed by atoms with Gasteiger partial charge < -0.3 is 10.5 Å². The topological polar surface area (TPSA) is 81.0 Å². The first-order valence-corrected chi connectivity index (χ1v) is 4.79. The molecular weight excluding hydrogens is 239 g/mol. The van der Waals surface area contributed by atoms with Crippen LogP contribution in [0, 0.1) is 0 Å². The highest BCUT2D eigenvalue weighted by Crippen LogP contribution is 2.30. The Bertz CT molecular complexity index is 389. The van der Waals surface area contributed by atoms with Crippen molar-refractivity contribution in [1.29, 1.82) is 0 Å². The van der Waals surface area contributed by atoms with E-state index in [2.05, 4.69) is 9.84 Å². The van der Waals surface area contributed by atoms with Gasteiger partial charge in [0, 0.05) is 5.56 Å². The normalized spacial score (nSPS) is 13.5. The van der Waals surface area contributed by atoms with Gasteiger partial charge in [0.1, 0.15) is 11.7 Å². The summed E-state index contributed by atoms with van der Waals surface area (Å²) in [6.45, 7) is 0. The van der Waals surface area contributed by atoms with E-state index >= 15 is 0 Å². The van der Waals surface area contributed by atoms with Crippen molar-refractivity contribution in [2.75, 3.05) is 7.11 Å². The van der Waals surface area contributed by atoms with Crippen molar-refractivity contribution >= 4 is 5.97 Å². The van der Waals surface area contributed by atoms with E-state index in [1.54, 1.807) is 0 Å². The number of halogens is 3. The summed E-state index contributed by atoms with van der Waals surface area (Å²) in [6.07, 6.45) is -3.34. The molecule has 1 rings (SSSR count). The molecule has 0 bridgehead atoms. The van der Waals surface area contributed by atoms with Crippen molar-refractivity contribution in [1.82, 2.24) is 10.2 Å². The van der Waals surface area contributed by atoms with Crippen LogP contribution >= 0.6 is 0 Å². The Hall–Kier alpha value is -1.57. The maximum atomic E-state index is 12.4. The van der Waals surface area contributed by atoms with Crippen LogP contribution < -0.4 is 5.73 Å². The van der Waals surface area contributed by atoms with Crippen molar-refractivity contribution in [3.05, 3.63) is 17.5 Å². The zero-order valence-corrected chi connectivity index (χ0v) is 9.04. The van der Waals surface area contributed by atoms with Crippen LogP contribution in [0.2, 0.25) is 0 Å². The van der Waals surface area contributed by atoms with Gasteiger partial charge in [0.2, 0.25) is 0 Å². The number of carbonyl (C=O) groups is 1. The largest absolute Gasteiger partial charge is 0.468 e. The van der Waals surface area contributed by atoms with Crippen molar-refractivity contribution < 1.29 is 22.7 Å². The van der Waals surface area contributed by atoms with Gasteiger partial charge in [0.05, 0.1) is 13.3 Å².